The molecule has 0 amide bonds. The molecule has 0 fully saturated rings. The van der Waals surface area contributed by atoms with Crippen molar-refractivity contribution in [1.29, 1.82) is 0 Å². The summed E-state index contributed by atoms with van der Waals surface area (Å²) >= 11 is 0. The Labute approximate surface area is 123 Å². The maximum absolute atomic E-state index is 11.1. The lowest BCUT2D eigenvalue weighted by Gasteiger charge is -2.11. The lowest BCUT2D eigenvalue weighted by Crippen LogP contribution is -2.29. The summed E-state index contributed by atoms with van der Waals surface area (Å²) in [6, 6.07) is -0.229. The van der Waals surface area contributed by atoms with E-state index in [4.69, 9.17) is 5.73 Å². The highest BCUT2D eigenvalue weighted by molar-refractivity contribution is 5.83. The maximum atomic E-state index is 11.1. The number of hydrogen-bond acceptors (Lipinski definition) is 3. The third kappa shape index (κ3) is 27.0. The Kier molecular flexibility index (Phi) is 24.8. The monoisotopic (exact) mass is 276 g/mol. The van der Waals surface area contributed by atoms with Gasteiger partial charge >= 0.3 is 0 Å². The van der Waals surface area contributed by atoms with E-state index in [0.717, 1.165) is 25.8 Å². The van der Waals surface area contributed by atoms with Gasteiger partial charge in [0.25, 0.3) is 0 Å². The fourth-order valence-corrected chi connectivity index (χ4v) is 1.22. The molecule has 0 saturated carbocycles. The maximum Gasteiger partial charge on any atom is 0.149 e. The number of nitrogens with two attached hydrogens (primary N) is 1. The molecule has 0 saturated heterocycles. The van der Waals surface area contributed by atoms with Crippen molar-refractivity contribution in [3.63, 3.8) is 0 Å². The van der Waals surface area contributed by atoms with Gasteiger partial charge < -0.3 is 10.6 Å². The first-order chi connectivity index (χ1) is 8.90. The Morgan fingerprint density at radius 1 is 1.05 bits per heavy atom. The number of carbonyl (C=O) groups is 1. The molecule has 0 rings (SSSR count). The zero-order chi connectivity index (χ0) is 15.7. The molecule has 0 unspecified atom stereocenters. The molecule has 0 aliphatic rings. The Bertz CT molecular complexity index is 174. The topological polar surface area (TPSA) is 46.3 Å². The van der Waals surface area contributed by atoms with Crippen molar-refractivity contribution in [2.75, 3.05) is 20.6 Å². The minimum atomic E-state index is -0.229. The largest absolute Gasteiger partial charge is 0.322 e. The summed E-state index contributed by atoms with van der Waals surface area (Å²) in [7, 11) is 4.11. The Hall–Kier alpha value is -0.410. The number of hydrogen-bond donors (Lipinski definition) is 1. The second-order valence-corrected chi connectivity index (χ2v) is 5.14. The van der Waals surface area contributed by atoms with Crippen LogP contribution in [0.15, 0.2) is 0 Å². The molecule has 0 heterocycles. The average molecular weight is 277 g/mol. The predicted octanol–water partition coefficient (Wildman–Crippen LogP) is 4.10. The van der Waals surface area contributed by atoms with Gasteiger partial charge in [-0.15, -0.1) is 0 Å². The van der Waals surface area contributed by atoms with E-state index in [1.165, 1.54) is 12.8 Å². The molecule has 0 aromatic carbocycles. The number of rotatable bonds is 7. The lowest BCUT2D eigenvalue weighted by atomic mass is 10.0. The van der Waals surface area contributed by atoms with E-state index >= 15 is 0 Å². The molecule has 19 heavy (non-hydrogen) atoms. The van der Waals surface area contributed by atoms with E-state index in [1.54, 1.807) is 0 Å². The fourth-order valence-electron chi connectivity index (χ4n) is 1.22. The normalized spacial score (nSPS) is 11.0. The van der Waals surface area contributed by atoms with Crippen LogP contribution in [-0.2, 0) is 4.79 Å². The van der Waals surface area contributed by atoms with Gasteiger partial charge in [-0.1, -0.05) is 53.9 Å². The van der Waals surface area contributed by atoms with Crippen LogP contribution in [0.3, 0.4) is 0 Å². The standard InChI is InChI=1S/C10H22N2O.2C3H8.H2/c1-4-10(13)9(11)7-5-6-8-12(2)3;2*1-3-2;/h9H,4-8,11H2,1-3H3;2*3H2,1-2H3;1H/t9-;;;/m0.../s1. The number of unbranched alkanes of at least 4 members (excludes halogenated alkanes) is 1. The van der Waals surface area contributed by atoms with Gasteiger partial charge in [-0.25, -0.2) is 0 Å². The molecule has 1 atom stereocenters. The molecule has 120 valence electrons. The van der Waals surface area contributed by atoms with Crippen molar-refractivity contribution in [2.45, 2.75) is 79.2 Å². The third-order valence-electron chi connectivity index (χ3n) is 2.13. The molecule has 0 spiro atoms. The van der Waals surface area contributed by atoms with Gasteiger partial charge in [0.05, 0.1) is 6.04 Å². The molecule has 0 bridgehead atoms. The fraction of sp³-hybridized carbons (Fsp3) is 0.938. The molecule has 3 heteroatoms. The Morgan fingerprint density at radius 2 is 1.47 bits per heavy atom. The first-order valence-corrected chi connectivity index (χ1v) is 7.83. The van der Waals surface area contributed by atoms with Crippen molar-refractivity contribution in [3.05, 3.63) is 0 Å². The molecule has 0 radical (unpaired) electrons. The van der Waals surface area contributed by atoms with E-state index in [9.17, 15) is 4.79 Å². The highest BCUT2D eigenvalue weighted by Gasteiger charge is 2.09. The first-order valence-electron chi connectivity index (χ1n) is 7.83. The quantitative estimate of drug-likeness (QED) is 0.712. The van der Waals surface area contributed by atoms with Gasteiger partial charge in [0.15, 0.2) is 0 Å². The van der Waals surface area contributed by atoms with Crippen molar-refractivity contribution in [3.8, 4) is 0 Å². The van der Waals surface area contributed by atoms with Crippen LogP contribution in [0.2, 0.25) is 0 Å². The van der Waals surface area contributed by atoms with E-state index in [1.807, 2.05) is 6.92 Å². The van der Waals surface area contributed by atoms with Crippen LogP contribution in [0, 0.1) is 0 Å². The van der Waals surface area contributed by atoms with Crippen LogP contribution >= 0.6 is 0 Å². The van der Waals surface area contributed by atoms with Crippen LogP contribution in [0.25, 0.3) is 0 Å². The van der Waals surface area contributed by atoms with Crippen LogP contribution in [-0.4, -0.2) is 37.4 Å². The minimum Gasteiger partial charge on any atom is -0.322 e. The molecular weight excluding hydrogens is 236 g/mol. The molecular formula is C16H40N2O. The van der Waals surface area contributed by atoms with Gasteiger partial charge in [0.2, 0.25) is 0 Å². The van der Waals surface area contributed by atoms with Crippen LogP contribution < -0.4 is 5.73 Å². The number of carbonyl (C=O) groups excluding carboxylic acids is 1. The van der Waals surface area contributed by atoms with Gasteiger partial charge in [0, 0.05) is 7.85 Å². The van der Waals surface area contributed by atoms with Crippen molar-refractivity contribution in [1.82, 2.24) is 4.90 Å². The SMILES string of the molecule is CCC.CCC.CCC(=O)[C@@H](N)CCCCN(C)C.[HH]. The smallest absolute Gasteiger partial charge is 0.149 e. The lowest BCUT2D eigenvalue weighted by molar-refractivity contribution is -0.120. The molecule has 2 N–H and O–H groups in total. The van der Waals surface area contributed by atoms with Gasteiger partial charge in [-0.2, -0.15) is 0 Å². The minimum absolute atomic E-state index is 0. The molecule has 3 nitrogen and oxygen atoms in total. The van der Waals surface area contributed by atoms with Crippen LogP contribution in [0.4, 0.5) is 0 Å². The molecule has 0 aromatic heterocycles. The summed E-state index contributed by atoms with van der Waals surface area (Å²) in [5.74, 6) is 0.185. The van der Waals surface area contributed by atoms with Crippen molar-refractivity contribution < 1.29 is 6.22 Å². The van der Waals surface area contributed by atoms with Crippen LogP contribution in [0.5, 0.6) is 0 Å². The van der Waals surface area contributed by atoms with Gasteiger partial charge in [0.1, 0.15) is 5.78 Å². The van der Waals surface area contributed by atoms with E-state index < -0.39 is 0 Å². The zero-order valence-electron chi connectivity index (χ0n) is 14.5. The van der Waals surface area contributed by atoms with E-state index in [2.05, 4.69) is 46.7 Å². The Balaban J connectivity index is -0.000000156. The highest BCUT2D eigenvalue weighted by atomic mass is 16.1. The zero-order valence-corrected chi connectivity index (χ0v) is 14.5. The Morgan fingerprint density at radius 3 is 1.79 bits per heavy atom. The first kappa shape index (κ1) is 23.7. The van der Waals surface area contributed by atoms with Gasteiger partial charge in [-0.05, 0) is 33.5 Å². The molecule has 0 aliphatic heterocycles. The summed E-state index contributed by atoms with van der Waals surface area (Å²) < 4.78 is 0. The summed E-state index contributed by atoms with van der Waals surface area (Å²) in [5, 5.41) is 0. The summed E-state index contributed by atoms with van der Waals surface area (Å²) in [6.07, 6.45) is 6.07. The third-order valence-corrected chi connectivity index (χ3v) is 2.13. The van der Waals surface area contributed by atoms with Gasteiger partial charge in [-0.3, -0.25) is 4.79 Å². The summed E-state index contributed by atoms with van der Waals surface area (Å²) in [4.78, 5) is 13.3. The van der Waals surface area contributed by atoms with Crippen molar-refractivity contribution >= 4 is 5.78 Å². The summed E-state index contributed by atoms with van der Waals surface area (Å²) in [6.45, 7) is 11.4. The van der Waals surface area contributed by atoms with Crippen molar-refractivity contribution in [2.24, 2.45) is 5.73 Å². The van der Waals surface area contributed by atoms with E-state index in [-0.39, 0.29) is 13.3 Å². The second kappa shape index (κ2) is 19.9. The number of nitrogens with zero attached hydrogens (tertiary/aromatic N) is 1. The molecule has 0 aromatic rings. The van der Waals surface area contributed by atoms with Crippen LogP contribution in [0.1, 0.15) is 74.6 Å². The second-order valence-electron chi connectivity index (χ2n) is 5.14. The van der Waals surface area contributed by atoms with E-state index in [0.29, 0.717) is 6.42 Å². The number of Topliss-reactive ketones (excluding diaryl/α,β-unsaturated/α-hetero) is 1. The molecule has 0 aliphatic carbocycles. The predicted molar refractivity (Wildman–Crippen MR) is 89.7 cm³/mol. The average Bonchev–Trinajstić information content (AvgIpc) is 2.35. The highest BCUT2D eigenvalue weighted by Crippen LogP contribution is 2.02. The number of ketones is 1. The summed E-state index contributed by atoms with van der Waals surface area (Å²) in [5.41, 5.74) is 5.68.